The first kappa shape index (κ1) is 10.2. The Morgan fingerprint density at radius 3 is 2.75 bits per heavy atom. The maximum absolute atomic E-state index is 10.7. The van der Waals surface area contributed by atoms with E-state index in [2.05, 4.69) is 10.1 Å². The summed E-state index contributed by atoms with van der Waals surface area (Å²) < 4.78 is 1.36. The van der Waals surface area contributed by atoms with Crippen LogP contribution in [0.3, 0.4) is 0 Å². The fourth-order valence-corrected chi connectivity index (χ4v) is 1.35. The molecule has 6 nitrogen and oxygen atoms in total. The van der Waals surface area contributed by atoms with Crippen molar-refractivity contribution in [2.75, 3.05) is 0 Å². The number of benzene rings is 1. The van der Waals surface area contributed by atoms with Crippen molar-refractivity contribution in [1.82, 2.24) is 14.8 Å². The zero-order valence-corrected chi connectivity index (χ0v) is 8.45. The van der Waals surface area contributed by atoms with Gasteiger partial charge in [0.2, 0.25) is 0 Å². The quantitative estimate of drug-likeness (QED) is 0.785. The van der Waals surface area contributed by atoms with E-state index < -0.39 is 5.97 Å². The molecule has 0 saturated heterocycles. The van der Waals surface area contributed by atoms with Gasteiger partial charge in [-0.15, -0.1) is 5.10 Å². The molecule has 16 heavy (non-hydrogen) atoms. The number of aryl methyl sites for hydroxylation is 1. The molecule has 2 rings (SSSR count). The SMILES string of the molecule is Cc1nc(C(=O)O)nn1-c1cccc(O)c1. The topological polar surface area (TPSA) is 88.2 Å². The third-order valence-electron chi connectivity index (χ3n) is 2.03. The van der Waals surface area contributed by atoms with E-state index in [-0.39, 0.29) is 11.6 Å². The van der Waals surface area contributed by atoms with Crippen LogP contribution in [0.1, 0.15) is 16.4 Å². The summed E-state index contributed by atoms with van der Waals surface area (Å²) in [6, 6.07) is 6.35. The van der Waals surface area contributed by atoms with Gasteiger partial charge in [-0.25, -0.2) is 14.5 Å². The molecular weight excluding hydrogens is 210 g/mol. The summed E-state index contributed by atoms with van der Waals surface area (Å²) in [6.45, 7) is 1.64. The van der Waals surface area contributed by atoms with Crippen LogP contribution in [0.5, 0.6) is 5.75 Å². The van der Waals surface area contributed by atoms with Crippen LogP contribution >= 0.6 is 0 Å². The number of hydrogen-bond donors (Lipinski definition) is 2. The third-order valence-corrected chi connectivity index (χ3v) is 2.03. The molecule has 0 radical (unpaired) electrons. The molecule has 2 N–H and O–H groups in total. The van der Waals surface area contributed by atoms with E-state index in [0.29, 0.717) is 11.5 Å². The zero-order valence-electron chi connectivity index (χ0n) is 8.45. The summed E-state index contributed by atoms with van der Waals surface area (Å²) in [5.41, 5.74) is 0.567. The van der Waals surface area contributed by atoms with Gasteiger partial charge < -0.3 is 10.2 Å². The predicted molar refractivity (Wildman–Crippen MR) is 54.7 cm³/mol. The summed E-state index contributed by atoms with van der Waals surface area (Å²) in [4.78, 5) is 14.5. The lowest BCUT2D eigenvalue weighted by molar-refractivity contribution is 0.0683. The molecule has 0 aliphatic carbocycles. The van der Waals surface area contributed by atoms with E-state index in [1.54, 1.807) is 19.1 Å². The van der Waals surface area contributed by atoms with Crippen molar-refractivity contribution < 1.29 is 15.0 Å². The fraction of sp³-hybridized carbons (Fsp3) is 0.100. The Bertz CT molecular complexity index is 548. The predicted octanol–water partition coefficient (Wildman–Crippen LogP) is 0.980. The van der Waals surface area contributed by atoms with Gasteiger partial charge in [0.05, 0.1) is 5.69 Å². The van der Waals surface area contributed by atoms with Gasteiger partial charge in [0, 0.05) is 6.07 Å². The van der Waals surface area contributed by atoms with Crippen molar-refractivity contribution in [3.63, 3.8) is 0 Å². The second kappa shape index (κ2) is 3.65. The lowest BCUT2D eigenvalue weighted by atomic mass is 10.3. The Hall–Kier alpha value is -2.37. The molecule has 0 atom stereocenters. The summed E-state index contributed by atoms with van der Waals surface area (Å²) in [5, 5.41) is 21.9. The number of phenols is 1. The van der Waals surface area contributed by atoms with Gasteiger partial charge in [-0.1, -0.05) is 6.07 Å². The van der Waals surface area contributed by atoms with Gasteiger partial charge in [-0.2, -0.15) is 0 Å². The first-order valence-electron chi connectivity index (χ1n) is 4.54. The summed E-state index contributed by atoms with van der Waals surface area (Å²) in [5.74, 6) is -0.907. The minimum atomic E-state index is -1.18. The van der Waals surface area contributed by atoms with Crippen molar-refractivity contribution >= 4 is 5.97 Å². The maximum atomic E-state index is 10.7. The standard InChI is InChI=1S/C10H9N3O3/c1-6-11-9(10(15)16)12-13(6)7-3-2-4-8(14)5-7/h2-5,14H,1H3,(H,15,16). The molecule has 0 saturated carbocycles. The smallest absolute Gasteiger partial charge is 0.375 e. The molecular formula is C10H9N3O3. The van der Waals surface area contributed by atoms with Crippen LogP contribution in [0, 0.1) is 6.92 Å². The van der Waals surface area contributed by atoms with Crippen LogP contribution < -0.4 is 0 Å². The van der Waals surface area contributed by atoms with E-state index in [4.69, 9.17) is 5.11 Å². The van der Waals surface area contributed by atoms with Gasteiger partial charge in [-0.3, -0.25) is 0 Å². The number of nitrogens with zero attached hydrogens (tertiary/aromatic N) is 3. The fourth-order valence-electron chi connectivity index (χ4n) is 1.35. The van der Waals surface area contributed by atoms with Crippen LogP contribution in [0.15, 0.2) is 24.3 Å². The second-order valence-electron chi connectivity index (χ2n) is 3.22. The zero-order chi connectivity index (χ0) is 11.7. The van der Waals surface area contributed by atoms with Crippen LogP contribution in [0.2, 0.25) is 0 Å². The lowest BCUT2D eigenvalue weighted by Gasteiger charge is -2.02. The Morgan fingerprint density at radius 1 is 1.44 bits per heavy atom. The van der Waals surface area contributed by atoms with Gasteiger partial charge in [0.1, 0.15) is 11.6 Å². The lowest BCUT2D eigenvalue weighted by Crippen LogP contribution is -2.02. The van der Waals surface area contributed by atoms with Crippen molar-refractivity contribution in [3.05, 3.63) is 35.9 Å². The molecule has 0 aliphatic heterocycles. The van der Waals surface area contributed by atoms with Crippen molar-refractivity contribution in [1.29, 1.82) is 0 Å². The van der Waals surface area contributed by atoms with Crippen LogP contribution in [0.4, 0.5) is 0 Å². The minimum absolute atomic E-state index is 0.0873. The Morgan fingerprint density at radius 2 is 2.19 bits per heavy atom. The number of carboxylic acid groups (broad SMARTS) is 1. The Labute approximate surface area is 90.8 Å². The molecule has 0 amide bonds. The molecule has 6 heteroatoms. The molecule has 0 unspecified atom stereocenters. The third kappa shape index (κ3) is 1.72. The highest BCUT2D eigenvalue weighted by molar-refractivity contribution is 5.83. The minimum Gasteiger partial charge on any atom is -0.508 e. The van der Waals surface area contributed by atoms with E-state index >= 15 is 0 Å². The molecule has 82 valence electrons. The average Bonchev–Trinajstić information content (AvgIpc) is 2.60. The van der Waals surface area contributed by atoms with Gasteiger partial charge >= 0.3 is 5.97 Å². The molecule has 0 aliphatic rings. The molecule has 0 fully saturated rings. The maximum Gasteiger partial charge on any atom is 0.375 e. The number of carbonyl (C=O) groups is 1. The number of aromatic carboxylic acids is 1. The molecule has 0 spiro atoms. The van der Waals surface area contributed by atoms with Crippen molar-refractivity contribution in [2.24, 2.45) is 0 Å². The second-order valence-corrected chi connectivity index (χ2v) is 3.22. The number of hydrogen-bond acceptors (Lipinski definition) is 4. The summed E-state index contributed by atoms with van der Waals surface area (Å²) in [7, 11) is 0. The van der Waals surface area contributed by atoms with Gasteiger partial charge in [0.25, 0.3) is 5.82 Å². The molecule has 2 aromatic rings. The summed E-state index contributed by atoms with van der Waals surface area (Å²) in [6.07, 6.45) is 0. The van der Waals surface area contributed by atoms with E-state index in [9.17, 15) is 9.90 Å². The monoisotopic (exact) mass is 219 g/mol. The van der Waals surface area contributed by atoms with Gasteiger partial charge in [-0.05, 0) is 19.1 Å². The van der Waals surface area contributed by atoms with E-state index in [1.807, 2.05) is 0 Å². The average molecular weight is 219 g/mol. The highest BCUT2D eigenvalue weighted by atomic mass is 16.4. The number of aromatic nitrogens is 3. The molecule has 0 bridgehead atoms. The highest BCUT2D eigenvalue weighted by Crippen LogP contribution is 2.15. The normalized spacial score (nSPS) is 10.3. The molecule has 1 aromatic heterocycles. The highest BCUT2D eigenvalue weighted by Gasteiger charge is 2.13. The van der Waals surface area contributed by atoms with Gasteiger partial charge in [0.15, 0.2) is 0 Å². The molecule has 1 aromatic carbocycles. The summed E-state index contributed by atoms with van der Waals surface area (Å²) >= 11 is 0. The van der Waals surface area contributed by atoms with Crippen LogP contribution in [0.25, 0.3) is 5.69 Å². The van der Waals surface area contributed by atoms with Crippen LogP contribution in [-0.2, 0) is 0 Å². The number of aromatic hydroxyl groups is 1. The number of carboxylic acids is 1. The first-order valence-corrected chi connectivity index (χ1v) is 4.54. The van der Waals surface area contributed by atoms with E-state index in [0.717, 1.165) is 0 Å². The number of rotatable bonds is 2. The number of phenolic OH excluding ortho intramolecular Hbond substituents is 1. The first-order chi connectivity index (χ1) is 7.58. The van der Waals surface area contributed by atoms with E-state index in [1.165, 1.54) is 16.8 Å². The van der Waals surface area contributed by atoms with Crippen molar-refractivity contribution in [3.8, 4) is 11.4 Å². The molecule has 1 heterocycles. The van der Waals surface area contributed by atoms with Crippen LogP contribution in [-0.4, -0.2) is 30.9 Å². The van der Waals surface area contributed by atoms with Crippen molar-refractivity contribution in [2.45, 2.75) is 6.92 Å². The largest absolute Gasteiger partial charge is 0.508 e. The Balaban J connectivity index is 2.52. The Kier molecular flexibility index (Phi) is 2.32.